The summed E-state index contributed by atoms with van der Waals surface area (Å²) in [5, 5.41) is 11.7. The molecule has 36 heavy (non-hydrogen) atoms. The second kappa shape index (κ2) is 10.3. The van der Waals surface area contributed by atoms with Gasteiger partial charge in [0.2, 0.25) is 0 Å². The summed E-state index contributed by atoms with van der Waals surface area (Å²) >= 11 is 0. The van der Waals surface area contributed by atoms with Crippen molar-refractivity contribution in [3.8, 4) is 11.5 Å². The molecule has 2 aromatic carbocycles. The maximum atomic E-state index is 13.3. The zero-order chi connectivity index (χ0) is 26.0. The molecule has 1 amide bonds. The molecule has 0 unspecified atom stereocenters. The van der Waals surface area contributed by atoms with Crippen LogP contribution in [0, 0.1) is 5.92 Å². The maximum absolute atomic E-state index is 13.3. The molecule has 2 aliphatic rings. The SMILES string of the molecule is C/C=C(\N=C(C(C)C)N(O)C1CC1)C(=O)N1CCc2c(cccc2Oc2ccc(C(F)(F)F)cc2)C1. The smallest absolute Gasteiger partial charge is 0.416 e. The lowest BCUT2D eigenvalue weighted by molar-refractivity contribution is -0.137. The van der Waals surface area contributed by atoms with E-state index < -0.39 is 11.7 Å². The van der Waals surface area contributed by atoms with E-state index in [-0.39, 0.29) is 23.6 Å². The molecule has 1 N–H and O–H groups in total. The van der Waals surface area contributed by atoms with Gasteiger partial charge in [-0.25, -0.2) is 10.1 Å². The third kappa shape index (κ3) is 5.73. The van der Waals surface area contributed by atoms with E-state index in [0.717, 1.165) is 36.1 Å². The van der Waals surface area contributed by atoms with Gasteiger partial charge in [-0.05, 0) is 62.1 Å². The van der Waals surface area contributed by atoms with Gasteiger partial charge in [-0.2, -0.15) is 13.2 Å². The van der Waals surface area contributed by atoms with E-state index in [9.17, 15) is 23.2 Å². The third-order valence-electron chi connectivity index (χ3n) is 6.29. The summed E-state index contributed by atoms with van der Waals surface area (Å²) in [5.74, 6) is 1.07. The summed E-state index contributed by atoms with van der Waals surface area (Å²) in [6.45, 7) is 6.40. The lowest BCUT2D eigenvalue weighted by atomic mass is 9.98. The molecule has 9 heteroatoms. The van der Waals surface area contributed by atoms with Crippen molar-refractivity contribution in [2.24, 2.45) is 10.9 Å². The minimum Gasteiger partial charge on any atom is -0.457 e. The number of amidine groups is 1. The highest BCUT2D eigenvalue weighted by Crippen LogP contribution is 2.34. The monoisotopic (exact) mass is 501 g/mol. The summed E-state index contributed by atoms with van der Waals surface area (Å²) in [4.78, 5) is 19.6. The predicted molar refractivity (Wildman–Crippen MR) is 130 cm³/mol. The van der Waals surface area contributed by atoms with Gasteiger partial charge in [0.1, 0.15) is 23.0 Å². The van der Waals surface area contributed by atoms with Crippen molar-refractivity contribution in [2.45, 2.75) is 58.8 Å². The average molecular weight is 502 g/mol. The van der Waals surface area contributed by atoms with Gasteiger partial charge in [0.25, 0.3) is 5.91 Å². The number of halogens is 3. The van der Waals surface area contributed by atoms with Gasteiger partial charge < -0.3 is 9.64 Å². The van der Waals surface area contributed by atoms with Crippen LogP contribution in [-0.4, -0.2) is 39.5 Å². The number of ether oxygens (including phenoxy) is 1. The molecule has 1 aliphatic carbocycles. The highest BCUT2D eigenvalue weighted by atomic mass is 19.4. The first-order valence-corrected chi connectivity index (χ1v) is 12.1. The lowest BCUT2D eigenvalue weighted by Crippen LogP contribution is -2.38. The second-order valence-corrected chi connectivity index (χ2v) is 9.37. The molecular formula is C27H30F3N3O3. The molecule has 1 saturated carbocycles. The largest absolute Gasteiger partial charge is 0.457 e. The Kier molecular flexibility index (Phi) is 7.40. The first kappa shape index (κ1) is 25.8. The number of benzene rings is 2. The number of rotatable bonds is 6. The van der Waals surface area contributed by atoms with Gasteiger partial charge in [0.15, 0.2) is 0 Å². The Balaban J connectivity index is 1.49. The summed E-state index contributed by atoms with van der Waals surface area (Å²) < 4.78 is 44.4. The zero-order valence-corrected chi connectivity index (χ0v) is 20.5. The first-order valence-electron chi connectivity index (χ1n) is 12.1. The van der Waals surface area contributed by atoms with Crippen molar-refractivity contribution in [1.82, 2.24) is 9.96 Å². The number of hydroxylamine groups is 2. The number of nitrogens with zero attached hydrogens (tertiary/aromatic N) is 3. The van der Waals surface area contributed by atoms with Crippen molar-refractivity contribution in [1.29, 1.82) is 0 Å². The Morgan fingerprint density at radius 3 is 2.47 bits per heavy atom. The molecule has 0 bridgehead atoms. The van der Waals surface area contributed by atoms with Gasteiger partial charge in [-0.3, -0.25) is 10.0 Å². The fourth-order valence-electron chi connectivity index (χ4n) is 4.15. The number of hydrogen-bond acceptors (Lipinski definition) is 4. The molecule has 192 valence electrons. The molecule has 0 aromatic heterocycles. The number of fused-ring (bicyclic) bond motifs is 1. The van der Waals surface area contributed by atoms with Crippen molar-refractivity contribution in [3.05, 3.63) is 70.9 Å². The van der Waals surface area contributed by atoms with Crippen LogP contribution in [0.25, 0.3) is 0 Å². The fourth-order valence-corrected chi connectivity index (χ4v) is 4.15. The normalized spacial score (nSPS) is 16.7. The number of carbonyl (C=O) groups excluding carboxylic acids is 1. The van der Waals surface area contributed by atoms with E-state index in [1.54, 1.807) is 30.0 Å². The van der Waals surface area contributed by atoms with E-state index in [2.05, 4.69) is 4.99 Å². The summed E-state index contributed by atoms with van der Waals surface area (Å²) in [5.41, 5.74) is 1.37. The van der Waals surface area contributed by atoms with Crippen LogP contribution in [0.4, 0.5) is 13.2 Å². The second-order valence-electron chi connectivity index (χ2n) is 9.37. The first-order chi connectivity index (χ1) is 17.1. The Morgan fingerprint density at radius 2 is 1.89 bits per heavy atom. The predicted octanol–water partition coefficient (Wildman–Crippen LogP) is 6.19. The Labute approximate surface area is 208 Å². The summed E-state index contributed by atoms with van der Waals surface area (Å²) in [7, 11) is 0. The molecular weight excluding hydrogens is 471 g/mol. The Hall–Kier alpha value is -3.33. The number of aliphatic imine (C=N–C) groups is 1. The van der Waals surface area contributed by atoms with Crippen LogP contribution in [-0.2, 0) is 23.9 Å². The van der Waals surface area contributed by atoms with Gasteiger partial charge in [0.05, 0.1) is 11.6 Å². The molecule has 0 atom stereocenters. The molecule has 4 rings (SSSR count). The van der Waals surface area contributed by atoms with E-state index in [4.69, 9.17) is 4.74 Å². The van der Waals surface area contributed by atoms with Crippen LogP contribution < -0.4 is 4.74 Å². The van der Waals surface area contributed by atoms with Crippen molar-refractivity contribution in [3.63, 3.8) is 0 Å². The van der Waals surface area contributed by atoms with Crippen LogP contribution in [0.5, 0.6) is 11.5 Å². The topological polar surface area (TPSA) is 65.4 Å². The van der Waals surface area contributed by atoms with E-state index in [0.29, 0.717) is 36.8 Å². The fraction of sp³-hybridized carbons (Fsp3) is 0.407. The molecule has 1 aliphatic heterocycles. The van der Waals surface area contributed by atoms with Crippen molar-refractivity contribution < 1.29 is 27.9 Å². The number of alkyl halides is 3. The van der Waals surface area contributed by atoms with Crippen molar-refractivity contribution in [2.75, 3.05) is 6.54 Å². The van der Waals surface area contributed by atoms with Gasteiger partial charge >= 0.3 is 6.18 Å². The van der Waals surface area contributed by atoms with Crippen LogP contribution in [0.3, 0.4) is 0 Å². The average Bonchev–Trinajstić information content (AvgIpc) is 3.69. The van der Waals surface area contributed by atoms with Gasteiger partial charge in [-0.1, -0.05) is 32.1 Å². The molecule has 0 saturated heterocycles. The molecule has 0 spiro atoms. The standard InChI is InChI=1S/C27H30F3N3O3/c1-4-23(31-25(17(2)3)33(35)20-10-11-20)26(34)32-15-14-22-18(16-32)6-5-7-24(22)36-21-12-8-19(9-13-21)27(28,29)30/h4-9,12-13,17,20,35H,10-11,14-16H2,1-3H3/b23-4-,31-25?. The van der Waals surface area contributed by atoms with Crippen molar-refractivity contribution >= 4 is 11.7 Å². The molecule has 1 heterocycles. The Bertz CT molecular complexity index is 1170. The maximum Gasteiger partial charge on any atom is 0.416 e. The Morgan fingerprint density at radius 1 is 1.19 bits per heavy atom. The van der Waals surface area contributed by atoms with E-state index in [1.807, 2.05) is 19.9 Å². The van der Waals surface area contributed by atoms with Crippen LogP contribution >= 0.6 is 0 Å². The zero-order valence-electron chi connectivity index (χ0n) is 20.5. The number of hydrogen-bond donors (Lipinski definition) is 1. The van der Waals surface area contributed by atoms with Crippen LogP contribution in [0.15, 0.2) is 59.2 Å². The third-order valence-corrected chi connectivity index (χ3v) is 6.29. The van der Waals surface area contributed by atoms with Gasteiger partial charge in [-0.15, -0.1) is 0 Å². The summed E-state index contributed by atoms with van der Waals surface area (Å²) in [6.07, 6.45) is -0.406. The number of carbonyl (C=O) groups is 1. The molecule has 2 aromatic rings. The highest BCUT2D eigenvalue weighted by Gasteiger charge is 2.33. The lowest BCUT2D eigenvalue weighted by Gasteiger charge is -2.30. The minimum atomic E-state index is -4.40. The van der Waals surface area contributed by atoms with Crippen LogP contribution in [0.2, 0.25) is 0 Å². The van der Waals surface area contributed by atoms with E-state index >= 15 is 0 Å². The highest BCUT2D eigenvalue weighted by molar-refractivity contribution is 5.97. The summed E-state index contributed by atoms with van der Waals surface area (Å²) in [6, 6.07) is 10.1. The quantitative estimate of drug-likeness (QED) is 0.222. The molecule has 6 nitrogen and oxygen atoms in total. The van der Waals surface area contributed by atoms with E-state index in [1.165, 1.54) is 17.2 Å². The number of allylic oxidation sites excluding steroid dienone is 1. The minimum absolute atomic E-state index is 0.0506. The molecule has 0 radical (unpaired) electrons. The molecule has 1 fully saturated rings. The van der Waals surface area contributed by atoms with Gasteiger partial charge in [0, 0.05) is 24.6 Å². The number of amides is 1. The van der Waals surface area contributed by atoms with Crippen LogP contribution in [0.1, 0.15) is 50.3 Å².